The highest BCUT2D eigenvalue weighted by molar-refractivity contribution is 7.89. The van der Waals surface area contributed by atoms with E-state index in [1.807, 2.05) is 0 Å². The van der Waals surface area contributed by atoms with Gasteiger partial charge >= 0.3 is 5.97 Å². The highest BCUT2D eigenvalue weighted by Crippen LogP contribution is 2.25. The second kappa shape index (κ2) is 7.72. The molecule has 0 fully saturated rings. The fourth-order valence-corrected chi connectivity index (χ4v) is 3.88. The number of ether oxygens (including phenoxy) is 1. The Morgan fingerprint density at radius 2 is 1.79 bits per heavy atom. The van der Waals surface area contributed by atoms with Gasteiger partial charge in [0.2, 0.25) is 10.0 Å². The van der Waals surface area contributed by atoms with Crippen molar-refractivity contribution in [1.82, 2.24) is 4.72 Å². The van der Waals surface area contributed by atoms with E-state index < -0.39 is 16.0 Å². The molecule has 0 bridgehead atoms. The zero-order valence-corrected chi connectivity index (χ0v) is 15.4. The number of halogens is 3. The van der Waals surface area contributed by atoms with Crippen molar-refractivity contribution >= 4 is 50.8 Å². The van der Waals surface area contributed by atoms with Crippen molar-refractivity contribution in [3.05, 3.63) is 62.6 Å². The minimum atomic E-state index is -3.96. The summed E-state index contributed by atoms with van der Waals surface area (Å²) in [7, 11) is -2.76. The zero-order valence-electron chi connectivity index (χ0n) is 12.3. The molecule has 128 valence electrons. The molecule has 0 spiro atoms. The Morgan fingerprint density at radius 1 is 1.08 bits per heavy atom. The Hall–Kier alpha value is -1.31. The molecule has 0 aliphatic heterocycles. The molecule has 9 heteroatoms. The Balaban J connectivity index is 2.28. The number of benzene rings is 2. The van der Waals surface area contributed by atoms with Gasteiger partial charge in [0.15, 0.2) is 0 Å². The second-order valence-electron chi connectivity index (χ2n) is 4.70. The molecule has 0 aliphatic carbocycles. The Labute approximate surface area is 154 Å². The smallest absolute Gasteiger partial charge is 0.337 e. The van der Waals surface area contributed by atoms with Crippen LogP contribution in [0.25, 0.3) is 0 Å². The molecule has 0 saturated carbocycles. The molecule has 5 nitrogen and oxygen atoms in total. The molecule has 0 unspecified atom stereocenters. The molecule has 0 aliphatic rings. The van der Waals surface area contributed by atoms with Gasteiger partial charge in [-0.1, -0.05) is 40.9 Å². The average molecular weight is 409 g/mol. The van der Waals surface area contributed by atoms with Crippen LogP contribution in [0.1, 0.15) is 15.9 Å². The van der Waals surface area contributed by atoms with E-state index in [0.29, 0.717) is 15.6 Å². The summed E-state index contributed by atoms with van der Waals surface area (Å²) in [5.74, 6) is -0.663. The van der Waals surface area contributed by atoms with E-state index in [4.69, 9.17) is 34.8 Å². The van der Waals surface area contributed by atoms with Crippen LogP contribution in [0.4, 0.5) is 0 Å². The fraction of sp³-hybridized carbons (Fsp3) is 0.133. The highest BCUT2D eigenvalue weighted by Gasteiger charge is 2.20. The quantitative estimate of drug-likeness (QED) is 0.761. The lowest BCUT2D eigenvalue weighted by Crippen LogP contribution is -2.24. The molecule has 0 amide bonds. The van der Waals surface area contributed by atoms with Crippen LogP contribution in [0, 0.1) is 0 Å². The van der Waals surface area contributed by atoms with Crippen molar-refractivity contribution in [3.63, 3.8) is 0 Å². The van der Waals surface area contributed by atoms with E-state index >= 15 is 0 Å². The third-order valence-electron chi connectivity index (χ3n) is 3.11. The van der Waals surface area contributed by atoms with Gasteiger partial charge in [-0.15, -0.1) is 0 Å². The first-order chi connectivity index (χ1) is 11.2. The standard InChI is InChI=1S/C15H12Cl3NO4S/c1-23-15(20)9-3-5-12(17)14(6-9)24(21,22)19-8-10-2-4-11(16)7-13(10)18/h2-7,19H,8H2,1H3. The number of hydrogen-bond donors (Lipinski definition) is 1. The predicted molar refractivity (Wildman–Crippen MR) is 93.3 cm³/mol. The molecular formula is C15H12Cl3NO4S. The summed E-state index contributed by atoms with van der Waals surface area (Å²) in [6, 6.07) is 8.57. The maximum atomic E-state index is 12.5. The van der Waals surface area contributed by atoms with E-state index in [0.717, 1.165) is 6.07 Å². The van der Waals surface area contributed by atoms with Crippen molar-refractivity contribution in [2.75, 3.05) is 7.11 Å². The first-order valence-electron chi connectivity index (χ1n) is 6.56. The SMILES string of the molecule is COC(=O)c1ccc(Cl)c(S(=O)(=O)NCc2ccc(Cl)cc2Cl)c1. The lowest BCUT2D eigenvalue weighted by atomic mass is 10.2. The Bertz CT molecular complexity index is 884. The summed E-state index contributed by atoms with van der Waals surface area (Å²) in [6.45, 7) is -0.0584. The summed E-state index contributed by atoms with van der Waals surface area (Å²) in [5, 5.41) is 0.761. The van der Waals surface area contributed by atoms with E-state index in [1.165, 1.54) is 25.3 Å². The lowest BCUT2D eigenvalue weighted by Gasteiger charge is -2.11. The minimum absolute atomic E-state index is 0.0163. The van der Waals surface area contributed by atoms with Crippen molar-refractivity contribution in [2.45, 2.75) is 11.4 Å². The predicted octanol–water partition coefficient (Wildman–Crippen LogP) is 3.91. The van der Waals surface area contributed by atoms with Crippen LogP contribution in [0.15, 0.2) is 41.3 Å². The van der Waals surface area contributed by atoms with Crippen molar-refractivity contribution < 1.29 is 17.9 Å². The van der Waals surface area contributed by atoms with Gasteiger partial charge in [0.05, 0.1) is 17.7 Å². The topological polar surface area (TPSA) is 72.5 Å². The van der Waals surface area contributed by atoms with Gasteiger partial charge in [-0.05, 0) is 35.9 Å². The van der Waals surface area contributed by atoms with Crippen LogP contribution in [0.2, 0.25) is 15.1 Å². The summed E-state index contributed by atoms with van der Waals surface area (Å²) < 4.78 is 31.9. The molecule has 0 saturated heterocycles. The number of hydrogen-bond acceptors (Lipinski definition) is 4. The minimum Gasteiger partial charge on any atom is -0.465 e. The van der Waals surface area contributed by atoms with Crippen LogP contribution >= 0.6 is 34.8 Å². The van der Waals surface area contributed by atoms with Crippen LogP contribution in [0.5, 0.6) is 0 Å². The van der Waals surface area contributed by atoms with Crippen LogP contribution in [-0.2, 0) is 21.3 Å². The molecule has 1 N–H and O–H groups in total. The van der Waals surface area contributed by atoms with E-state index in [9.17, 15) is 13.2 Å². The third kappa shape index (κ3) is 4.40. The zero-order chi connectivity index (χ0) is 17.9. The van der Waals surface area contributed by atoms with Gasteiger partial charge in [-0.2, -0.15) is 0 Å². The van der Waals surface area contributed by atoms with Crippen LogP contribution in [0.3, 0.4) is 0 Å². The first-order valence-corrected chi connectivity index (χ1v) is 9.18. The maximum absolute atomic E-state index is 12.5. The van der Waals surface area contributed by atoms with Gasteiger partial charge < -0.3 is 4.74 Å². The number of rotatable bonds is 5. The van der Waals surface area contributed by atoms with Gasteiger partial charge in [-0.3, -0.25) is 0 Å². The fourth-order valence-electron chi connectivity index (χ4n) is 1.87. The molecule has 0 aromatic heterocycles. The Kier molecular flexibility index (Phi) is 6.11. The normalized spacial score (nSPS) is 11.3. The second-order valence-corrected chi connectivity index (χ2v) is 7.68. The summed E-state index contributed by atoms with van der Waals surface area (Å²) in [4.78, 5) is 11.3. The average Bonchev–Trinajstić information content (AvgIpc) is 2.53. The molecule has 2 aromatic rings. The molecule has 2 aromatic carbocycles. The van der Waals surface area contributed by atoms with Gasteiger partial charge in [0, 0.05) is 16.6 Å². The number of esters is 1. The van der Waals surface area contributed by atoms with Crippen LogP contribution in [-0.4, -0.2) is 21.5 Å². The molecule has 0 heterocycles. The molecule has 2 rings (SSSR count). The number of nitrogens with one attached hydrogen (secondary N) is 1. The van der Waals surface area contributed by atoms with Gasteiger partial charge in [0.1, 0.15) is 4.90 Å². The lowest BCUT2D eigenvalue weighted by molar-refractivity contribution is 0.0600. The summed E-state index contributed by atoms with van der Waals surface area (Å²) in [5.41, 5.74) is 0.622. The number of carbonyl (C=O) groups is 1. The van der Waals surface area contributed by atoms with E-state index in [1.54, 1.807) is 12.1 Å². The van der Waals surface area contributed by atoms with Crippen molar-refractivity contribution in [2.24, 2.45) is 0 Å². The third-order valence-corrected chi connectivity index (χ3v) is 5.58. The monoisotopic (exact) mass is 407 g/mol. The Morgan fingerprint density at radius 3 is 2.42 bits per heavy atom. The van der Waals surface area contributed by atoms with Gasteiger partial charge in [0.25, 0.3) is 0 Å². The maximum Gasteiger partial charge on any atom is 0.337 e. The van der Waals surface area contributed by atoms with Crippen molar-refractivity contribution in [3.8, 4) is 0 Å². The number of methoxy groups -OCH3 is 1. The molecule has 24 heavy (non-hydrogen) atoms. The van der Waals surface area contributed by atoms with E-state index in [-0.39, 0.29) is 22.0 Å². The molecular weight excluding hydrogens is 397 g/mol. The van der Waals surface area contributed by atoms with Gasteiger partial charge in [-0.25, -0.2) is 17.9 Å². The summed E-state index contributed by atoms with van der Waals surface area (Å²) in [6.07, 6.45) is 0. The number of carbonyl (C=O) groups excluding carboxylic acids is 1. The van der Waals surface area contributed by atoms with E-state index in [2.05, 4.69) is 9.46 Å². The largest absolute Gasteiger partial charge is 0.465 e. The van der Waals surface area contributed by atoms with Crippen LogP contribution < -0.4 is 4.72 Å². The highest BCUT2D eigenvalue weighted by atomic mass is 35.5. The number of sulfonamides is 1. The van der Waals surface area contributed by atoms with Crippen molar-refractivity contribution in [1.29, 1.82) is 0 Å². The molecule has 0 atom stereocenters. The first kappa shape index (κ1) is 19.0. The molecule has 0 radical (unpaired) electrons. The summed E-state index contributed by atoms with van der Waals surface area (Å²) >= 11 is 17.8.